The van der Waals surface area contributed by atoms with Gasteiger partial charge in [0, 0.05) is 18.7 Å². The molecule has 0 aromatic carbocycles. The minimum Gasteiger partial charge on any atom is -0.114 e. The highest BCUT2D eigenvalue weighted by Gasteiger charge is 2.17. The molecule has 0 spiro atoms. The van der Waals surface area contributed by atoms with E-state index in [1.807, 2.05) is 0 Å². The van der Waals surface area contributed by atoms with Crippen LogP contribution in [0.15, 0.2) is 0 Å². The molecular weight excluding hydrogens is 340 g/mol. The first kappa shape index (κ1) is 14.2. The van der Waals surface area contributed by atoms with Gasteiger partial charge in [0.05, 0.1) is 0 Å². The van der Waals surface area contributed by atoms with Crippen molar-refractivity contribution in [2.24, 2.45) is 0 Å². The van der Waals surface area contributed by atoms with Crippen LogP contribution in [0.1, 0.15) is 0 Å². The normalized spacial score (nSPS) is 10.8. The zero-order valence-corrected chi connectivity index (χ0v) is 12.4. The first-order valence-electron chi connectivity index (χ1n) is 3.24. The zero-order valence-electron chi connectivity index (χ0n) is 6.49. The van der Waals surface area contributed by atoms with E-state index in [0.29, 0.717) is 0 Å². The van der Waals surface area contributed by atoms with E-state index in [4.69, 9.17) is 0 Å². The largest absolute Gasteiger partial charge is 0.114 e. The second-order valence-corrected chi connectivity index (χ2v) is 9.96. The first-order valence-corrected chi connectivity index (χ1v) is 8.90. The van der Waals surface area contributed by atoms with Gasteiger partial charge in [-0.2, -0.15) is 0 Å². The summed E-state index contributed by atoms with van der Waals surface area (Å²) >= 11 is 6.95. The molecule has 0 N–H and O–H groups in total. The number of hydrogen-bond acceptors (Lipinski definition) is 0. The molecule has 0 atom stereocenters. The lowest BCUT2D eigenvalue weighted by atomic mass is 10.9. The second kappa shape index (κ2) is 7.31. The molecular formula is C6H15Br3Si. The van der Waals surface area contributed by atoms with Crippen LogP contribution in [0.2, 0.25) is 25.2 Å². The third-order valence-corrected chi connectivity index (χ3v) is 7.01. The van der Waals surface area contributed by atoms with Crippen molar-refractivity contribution in [2.75, 3.05) is 10.7 Å². The predicted octanol–water partition coefficient (Wildman–Crippen LogP) is 4.06. The number of halogens is 3. The van der Waals surface area contributed by atoms with Gasteiger partial charge in [-0.05, 0) is 12.1 Å². The van der Waals surface area contributed by atoms with Crippen molar-refractivity contribution in [3.63, 3.8) is 0 Å². The molecule has 4 heteroatoms. The lowest BCUT2D eigenvalue weighted by molar-refractivity contribution is 1.29. The zero-order chi connectivity index (χ0) is 7.33. The second-order valence-electron chi connectivity index (χ2n) is 3.04. The van der Waals surface area contributed by atoms with Crippen LogP contribution in [-0.4, -0.2) is 18.7 Å². The molecule has 0 nitrogen and oxygen atoms in total. The molecule has 0 heterocycles. The highest BCUT2D eigenvalue weighted by Crippen LogP contribution is 2.17. The minimum absolute atomic E-state index is 0. The quantitative estimate of drug-likeness (QED) is 0.527. The lowest BCUT2D eigenvalue weighted by Gasteiger charge is -2.18. The third kappa shape index (κ3) is 7.76. The Hall–Kier alpha value is 1.66. The van der Waals surface area contributed by atoms with Crippen molar-refractivity contribution in [3.05, 3.63) is 0 Å². The monoisotopic (exact) mass is 352 g/mol. The smallest absolute Gasteiger partial charge is 0.0490 e. The molecule has 0 bridgehead atoms. The number of rotatable bonds is 4. The minimum atomic E-state index is -0.797. The highest BCUT2D eigenvalue weighted by atomic mass is 79.9. The van der Waals surface area contributed by atoms with Crippen LogP contribution in [0.25, 0.3) is 0 Å². The summed E-state index contributed by atoms with van der Waals surface area (Å²) in [6.07, 6.45) is 0. The van der Waals surface area contributed by atoms with Crippen molar-refractivity contribution < 1.29 is 0 Å². The van der Waals surface area contributed by atoms with Gasteiger partial charge in [0.2, 0.25) is 0 Å². The van der Waals surface area contributed by atoms with E-state index in [2.05, 4.69) is 45.0 Å². The van der Waals surface area contributed by atoms with Gasteiger partial charge >= 0.3 is 0 Å². The van der Waals surface area contributed by atoms with Crippen molar-refractivity contribution in [2.45, 2.75) is 25.2 Å². The molecule has 0 aliphatic heterocycles. The first-order chi connectivity index (χ1) is 4.12. The maximum atomic E-state index is 3.47. The lowest BCUT2D eigenvalue weighted by Crippen LogP contribution is -2.25. The number of alkyl halides is 2. The molecule has 0 saturated heterocycles. The topological polar surface area (TPSA) is 0 Å². The van der Waals surface area contributed by atoms with Crippen LogP contribution in [0, 0.1) is 0 Å². The van der Waals surface area contributed by atoms with Crippen molar-refractivity contribution in [3.8, 4) is 0 Å². The Kier molecular flexibility index (Phi) is 10.4. The summed E-state index contributed by atoms with van der Waals surface area (Å²) in [6, 6.07) is 2.80. The maximum absolute atomic E-state index is 3.47. The molecule has 0 rings (SSSR count). The van der Waals surface area contributed by atoms with E-state index >= 15 is 0 Å². The number of hydrogen-bond donors (Lipinski definition) is 0. The van der Waals surface area contributed by atoms with E-state index in [-0.39, 0.29) is 17.0 Å². The van der Waals surface area contributed by atoms with Gasteiger partial charge in [0.25, 0.3) is 0 Å². The summed E-state index contributed by atoms with van der Waals surface area (Å²) in [5.74, 6) is 0. The SMILES string of the molecule is Br.C[Si](C)(CCBr)CCBr. The molecule has 0 aromatic heterocycles. The van der Waals surface area contributed by atoms with Crippen molar-refractivity contribution in [1.29, 1.82) is 0 Å². The van der Waals surface area contributed by atoms with E-state index in [9.17, 15) is 0 Å². The van der Waals surface area contributed by atoms with Gasteiger partial charge in [-0.15, -0.1) is 17.0 Å². The van der Waals surface area contributed by atoms with Crippen LogP contribution >= 0.6 is 48.8 Å². The van der Waals surface area contributed by atoms with Crippen LogP contribution in [-0.2, 0) is 0 Å². The molecule has 10 heavy (non-hydrogen) atoms. The van der Waals surface area contributed by atoms with Crippen molar-refractivity contribution >= 4 is 56.9 Å². The molecule has 0 aliphatic carbocycles. The predicted molar refractivity (Wildman–Crippen MR) is 65.0 cm³/mol. The Balaban J connectivity index is 0. The molecule has 64 valence electrons. The van der Waals surface area contributed by atoms with Crippen LogP contribution < -0.4 is 0 Å². The van der Waals surface area contributed by atoms with Gasteiger partial charge in [0.1, 0.15) is 0 Å². The highest BCUT2D eigenvalue weighted by molar-refractivity contribution is 9.09. The summed E-state index contributed by atoms with van der Waals surface area (Å²) in [5.41, 5.74) is 0. The van der Waals surface area contributed by atoms with E-state index < -0.39 is 8.07 Å². The van der Waals surface area contributed by atoms with Crippen LogP contribution in [0.5, 0.6) is 0 Å². The fourth-order valence-electron chi connectivity index (χ4n) is 0.637. The van der Waals surface area contributed by atoms with Gasteiger partial charge in [0.15, 0.2) is 0 Å². The Bertz CT molecular complexity index is 67.4. The van der Waals surface area contributed by atoms with E-state index in [1.165, 1.54) is 22.7 Å². The molecule has 0 aliphatic rings. The standard InChI is InChI=1S/C6H14Br2Si.BrH/c1-9(2,5-3-7)6-4-8;/h3-6H2,1-2H3;1H. The van der Waals surface area contributed by atoms with Gasteiger partial charge < -0.3 is 0 Å². The Morgan fingerprint density at radius 3 is 1.50 bits per heavy atom. The average Bonchev–Trinajstić information content (AvgIpc) is 1.64. The summed E-state index contributed by atoms with van der Waals surface area (Å²) in [5, 5.41) is 2.36. The molecule has 0 aromatic rings. The maximum Gasteiger partial charge on any atom is 0.0490 e. The Morgan fingerprint density at radius 2 is 1.30 bits per heavy atom. The average molecular weight is 355 g/mol. The molecule has 0 fully saturated rings. The van der Waals surface area contributed by atoms with E-state index in [1.54, 1.807) is 0 Å². The van der Waals surface area contributed by atoms with Gasteiger partial charge in [-0.1, -0.05) is 45.0 Å². The van der Waals surface area contributed by atoms with Gasteiger partial charge in [-0.3, -0.25) is 0 Å². The summed E-state index contributed by atoms with van der Waals surface area (Å²) in [4.78, 5) is 0. The molecule has 0 amide bonds. The van der Waals surface area contributed by atoms with E-state index in [0.717, 1.165) is 0 Å². The van der Waals surface area contributed by atoms with Crippen LogP contribution in [0.4, 0.5) is 0 Å². The fraction of sp³-hybridized carbons (Fsp3) is 1.00. The third-order valence-electron chi connectivity index (χ3n) is 1.54. The van der Waals surface area contributed by atoms with Gasteiger partial charge in [-0.25, -0.2) is 0 Å². The molecule has 0 radical (unpaired) electrons. The Morgan fingerprint density at radius 1 is 1.00 bits per heavy atom. The molecule has 0 unspecified atom stereocenters. The summed E-state index contributed by atoms with van der Waals surface area (Å²) in [7, 11) is -0.797. The molecule has 0 saturated carbocycles. The van der Waals surface area contributed by atoms with Crippen molar-refractivity contribution in [1.82, 2.24) is 0 Å². The summed E-state index contributed by atoms with van der Waals surface area (Å²) in [6.45, 7) is 4.88. The van der Waals surface area contributed by atoms with Crippen LogP contribution in [0.3, 0.4) is 0 Å². The Labute approximate surface area is 92.2 Å². The summed E-state index contributed by atoms with van der Waals surface area (Å²) < 4.78 is 0. The fourth-order valence-corrected chi connectivity index (χ4v) is 8.35.